The van der Waals surface area contributed by atoms with Crippen LogP contribution in [0.5, 0.6) is 11.5 Å². The fraction of sp³-hybridized carbons (Fsp3) is 0.423. The van der Waals surface area contributed by atoms with E-state index in [1.807, 2.05) is 35.2 Å². The average molecular weight is 466 g/mol. The molecule has 180 valence electrons. The van der Waals surface area contributed by atoms with E-state index in [1.165, 1.54) is 0 Å². The SMILES string of the molecule is COc1ccccc1C(=O)N1CCCN(C(=O)CCCOc2ccc3c(c2)CCC(=O)N3)CC1. The van der Waals surface area contributed by atoms with Gasteiger partial charge in [-0.15, -0.1) is 0 Å². The predicted molar refractivity (Wildman–Crippen MR) is 128 cm³/mol. The first-order chi connectivity index (χ1) is 16.5. The van der Waals surface area contributed by atoms with E-state index in [9.17, 15) is 14.4 Å². The topological polar surface area (TPSA) is 88.2 Å². The largest absolute Gasteiger partial charge is 0.496 e. The molecular formula is C26H31N3O5. The van der Waals surface area contributed by atoms with Gasteiger partial charge in [-0.25, -0.2) is 0 Å². The monoisotopic (exact) mass is 465 g/mol. The summed E-state index contributed by atoms with van der Waals surface area (Å²) in [6.07, 6.45) is 2.97. The molecule has 1 N–H and O–H groups in total. The molecule has 2 aromatic rings. The predicted octanol–water partition coefficient (Wildman–Crippen LogP) is 3.11. The van der Waals surface area contributed by atoms with Gasteiger partial charge in [-0.2, -0.15) is 0 Å². The van der Waals surface area contributed by atoms with Crippen LogP contribution in [0, 0.1) is 0 Å². The lowest BCUT2D eigenvalue weighted by Gasteiger charge is -2.23. The number of carbonyl (C=O) groups excluding carboxylic acids is 3. The number of hydrogen-bond donors (Lipinski definition) is 1. The quantitative estimate of drug-likeness (QED) is 0.635. The standard InChI is InChI=1S/C26H31N3O5/c1-33-23-7-3-2-6-21(23)26(32)29-14-5-13-28(15-16-29)25(31)8-4-17-34-20-10-11-22-19(18-20)9-12-24(30)27-22/h2-3,6-7,10-11,18H,4-5,8-9,12-17H2,1H3,(H,27,30). The molecule has 8 heteroatoms. The lowest BCUT2D eigenvalue weighted by Crippen LogP contribution is -2.37. The third-order valence-corrected chi connectivity index (χ3v) is 6.25. The average Bonchev–Trinajstić information content (AvgIpc) is 3.12. The molecule has 34 heavy (non-hydrogen) atoms. The van der Waals surface area contributed by atoms with E-state index in [1.54, 1.807) is 24.1 Å². The highest BCUT2D eigenvalue weighted by Crippen LogP contribution is 2.27. The molecule has 1 saturated heterocycles. The fourth-order valence-corrected chi connectivity index (χ4v) is 4.38. The van der Waals surface area contributed by atoms with Crippen molar-refractivity contribution in [2.75, 3.05) is 45.2 Å². The second-order valence-corrected chi connectivity index (χ2v) is 8.55. The zero-order valence-corrected chi connectivity index (χ0v) is 19.5. The molecule has 3 amide bonds. The highest BCUT2D eigenvalue weighted by atomic mass is 16.5. The van der Waals surface area contributed by atoms with Crippen LogP contribution in [0.1, 0.15) is 41.6 Å². The number of methoxy groups -OCH3 is 1. The van der Waals surface area contributed by atoms with E-state index in [0.717, 1.165) is 23.4 Å². The number of carbonyl (C=O) groups is 3. The first-order valence-electron chi connectivity index (χ1n) is 11.8. The Labute approximate surface area is 199 Å². The number of para-hydroxylation sites is 1. The summed E-state index contributed by atoms with van der Waals surface area (Å²) in [6, 6.07) is 12.9. The van der Waals surface area contributed by atoms with Crippen LogP contribution in [0.3, 0.4) is 0 Å². The number of anilines is 1. The summed E-state index contributed by atoms with van der Waals surface area (Å²) in [6.45, 7) is 2.74. The Morgan fingerprint density at radius 3 is 2.65 bits per heavy atom. The van der Waals surface area contributed by atoms with Crippen LogP contribution in [0.15, 0.2) is 42.5 Å². The van der Waals surface area contributed by atoms with Crippen molar-refractivity contribution >= 4 is 23.4 Å². The van der Waals surface area contributed by atoms with Crippen molar-refractivity contribution in [3.63, 3.8) is 0 Å². The van der Waals surface area contributed by atoms with E-state index in [2.05, 4.69) is 5.32 Å². The Morgan fingerprint density at radius 1 is 1.00 bits per heavy atom. The maximum atomic E-state index is 13.0. The Balaban J connectivity index is 1.22. The maximum absolute atomic E-state index is 13.0. The van der Waals surface area contributed by atoms with Crippen LogP contribution in [0.4, 0.5) is 5.69 Å². The molecule has 0 atom stereocenters. The van der Waals surface area contributed by atoms with Gasteiger partial charge < -0.3 is 24.6 Å². The fourth-order valence-electron chi connectivity index (χ4n) is 4.38. The molecule has 4 rings (SSSR count). The van der Waals surface area contributed by atoms with Gasteiger partial charge in [0.1, 0.15) is 11.5 Å². The minimum atomic E-state index is -0.0650. The number of benzene rings is 2. The normalized spacial score (nSPS) is 15.7. The minimum Gasteiger partial charge on any atom is -0.496 e. The Morgan fingerprint density at radius 2 is 1.79 bits per heavy atom. The molecule has 1 fully saturated rings. The molecule has 0 unspecified atom stereocenters. The number of aryl methyl sites for hydroxylation is 1. The van der Waals surface area contributed by atoms with Crippen LogP contribution < -0.4 is 14.8 Å². The third kappa shape index (κ3) is 5.68. The molecule has 0 bridgehead atoms. The molecule has 2 aromatic carbocycles. The van der Waals surface area contributed by atoms with Gasteiger partial charge in [0, 0.05) is 44.7 Å². The van der Waals surface area contributed by atoms with Gasteiger partial charge in [0.25, 0.3) is 5.91 Å². The summed E-state index contributed by atoms with van der Waals surface area (Å²) in [5.74, 6) is 1.38. The number of ether oxygens (including phenoxy) is 2. The summed E-state index contributed by atoms with van der Waals surface area (Å²) in [4.78, 5) is 40.8. The van der Waals surface area contributed by atoms with Gasteiger partial charge in [0.15, 0.2) is 0 Å². The number of nitrogens with one attached hydrogen (secondary N) is 1. The van der Waals surface area contributed by atoms with E-state index in [0.29, 0.717) is 69.8 Å². The van der Waals surface area contributed by atoms with Crippen LogP contribution in [0.25, 0.3) is 0 Å². The summed E-state index contributed by atoms with van der Waals surface area (Å²) >= 11 is 0. The maximum Gasteiger partial charge on any atom is 0.257 e. The molecule has 2 aliphatic rings. The first kappa shape index (κ1) is 23.6. The van der Waals surface area contributed by atoms with Gasteiger partial charge in [0.05, 0.1) is 19.3 Å². The number of rotatable bonds is 7. The molecule has 0 radical (unpaired) electrons. The van der Waals surface area contributed by atoms with E-state index in [-0.39, 0.29) is 17.7 Å². The second kappa shape index (κ2) is 11.0. The van der Waals surface area contributed by atoms with Crippen LogP contribution in [-0.4, -0.2) is 67.4 Å². The molecule has 0 aliphatic carbocycles. The summed E-state index contributed by atoms with van der Waals surface area (Å²) in [7, 11) is 1.56. The Kier molecular flexibility index (Phi) is 7.67. The van der Waals surface area contributed by atoms with Crippen molar-refractivity contribution in [2.45, 2.75) is 32.1 Å². The molecule has 8 nitrogen and oxygen atoms in total. The molecule has 0 aromatic heterocycles. The van der Waals surface area contributed by atoms with Crippen molar-refractivity contribution in [3.8, 4) is 11.5 Å². The van der Waals surface area contributed by atoms with E-state index >= 15 is 0 Å². The van der Waals surface area contributed by atoms with Gasteiger partial charge in [-0.3, -0.25) is 14.4 Å². The number of nitrogens with zero attached hydrogens (tertiary/aromatic N) is 2. The zero-order chi connectivity index (χ0) is 23.9. The highest BCUT2D eigenvalue weighted by molar-refractivity contribution is 5.97. The van der Waals surface area contributed by atoms with Crippen LogP contribution in [0.2, 0.25) is 0 Å². The van der Waals surface area contributed by atoms with E-state index in [4.69, 9.17) is 9.47 Å². The Bertz CT molecular complexity index is 1050. The van der Waals surface area contributed by atoms with Gasteiger partial charge in [-0.05, 0) is 55.2 Å². The van der Waals surface area contributed by atoms with Crippen molar-refractivity contribution in [3.05, 3.63) is 53.6 Å². The molecule has 2 aliphatic heterocycles. The molecule has 0 spiro atoms. The van der Waals surface area contributed by atoms with Gasteiger partial charge >= 0.3 is 0 Å². The van der Waals surface area contributed by atoms with Gasteiger partial charge in [-0.1, -0.05) is 12.1 Å². The van der Waals surface area contributed by atoms with Gasteiger partial charge in [0.2, 0.25) is 11.8 Å². The molecule has 2 heterocycles. The third-order valence-electron chi connectivity index (χ3n) is 6.25. The lowest BCUT2D eigenvalue weighted by molar-refractivity contribution is -0.131. The van der Waals surface area contributed by atoms with Crippen LogP contribution >= 0.6 is 0 Å². The number of fused-ring (bicyclic) bond motifs is 1. The smallest absolute Gasteiger partial charge is 0.257 e. The first-order valence-corrected chi connectivity index (χ1v) is 11.8. The van der Waals surface area contributed by atoms with Crippen molar-refractivity contribution in [1.29, 1.82) is 0 Å². The van der Waals surface area contributed by atoms with Crippen LogP contribution in [-0.2, 0) is 16.0 Å². The second-order valence-electron chi connectivity index (χ2n) is 8.55. The summed E-state index contributed by atoms with van der Waals surface area (Å²) in [5, 5.41) is 2.86. The highest BCUT2D eigenvalue weighted by Gasteiger charge is 2.24. The summed E-state index contributed by atoms with van der Waals surface area (Å²) < 4.78 is 11.2. The molecular weight excluding hydrogens is 434 g/mol. The summed E-state index contributed by atoms with van der Waals surface area (Å²) in [5.41, 5.74) is 2.47. The van der Waals surface area contributed by atoms with Crippen molar-refractivity contribution < 1.29 is 23.9 Å². The molecule has 0 saturated carbocycles. The Hall–Kier alpha value is -3.55. The number of hydrogen-bond acceptors (Lipinski definition) is 5. The van der Waals surface area contributed by atoms with Crippen molar-refractivity contribution in [1.82, 2.24) is 9.80 Å². The van der Waals surface area contributed by atoms with E-state index < -0.39 is 0 Å². The number of amides is 3. The van der Waals surface area contributed by atoms with Crippen molar-refractivity contribution in [2.24, 2.45) is 0 Å². The lowest BCUT2D eigenvalue weighted by atomic mass is 10.0. The minimum absolute atomic E-state index is 0.0421. The zero-order valence-electron chi connectivity index (χ0n) is 19.5.